The molecule has 0 aromatic rings. The average Bonchev–Trinajstić information content (AvgIpc) is 2.12. The van der Waals surface area contributed by atoms with Crippen molar-refractivity contribution in [2.45, 2.75) is 59.0 Å². The fourth-order valence-electron chi connectivity index (χ4n) is 1.62. The van der Waals surface area contributed by atoms with E-state index < -0.39 is 5.60 Å². The van der Waals surface area contributed by atoms with Gasteiger partial charge in [0, 0.05) is 6.61 Å². The van der Waals surface area contributed by atoms with Crippen LogP contribution in [0.25, 0.3) is 0 Å². The summed E-state index contributed by atoms with van der Waals surface area (Å²) < 4.78 is 5.59. The van der Waals surface area contributed by atoms with Gasteiger partial charge in [0.2, 0.25) is 0 Å². The first-order valence-electron chi connectivity index (χ1n) is 5.28. The van der Waals surface area contributed by atoms with Gasteiger partial charge in [0.1, 0.15) is 5.60 Å². The highest BCUT2D eigenvalue weighted by molar-refractivity contribution is 5.84. The van der Waals surface area contributed by atoms with E-state index in [-0.39, 0.29) is 5.78 Å². The quantitative estimate of drug-likeness (QED) is 0.611. The Bertz CT molecular complexity index is 154. The monoisotopic (exact) mass is 186 g/mol. The Balaban J connectivity index is 4.35. The van der Waals surface area contributed by atoms with Crippen LogP contribution in [0.5, 0.6) is 0 Å². The minimum Gasteiger partial charge on any atom is -0.368 e. The van der Waals surface area contributed by atoms with Gasteiger partial charge in [-0.05, 0) is 26.7 Å². The van der Waals surface area contributed by atoms with Crippen LogP contribution in [0.1, 0.15) is 53.4 Å². The van der Waals surface area contributed by atoms with Crippen LogP contribution in [0, 0.1) is 0 Å². The number of ether oxygens (including phenoxy) is 1. The third kappa shape index (κ3) is 3.47. The van der Waals surface area contributed by atoms with Crippen molar-refractivity contribution in [3.63, 3.8) is 0 Å². The molecule has 0 aliphatic rings. The number of hydrogen-bond donors (Lipinski definition) is 0. The number of carbonyl (C=O) groups excluding carboxylic acids is 1. The molecule has 0 rings (SSSR count). The van der Waals surface area contributed by atoms with Crippen LogP contribution < -0.4 is 0 Å². The summed E-state index contributed by atoms with van der Waals surface area (Å²) >= 11 is 0. The summed E-state index contributed by atoms with van der Waals surface area (Å²) in [6.07, 6.45) is 3.83. The lowest BCUT2D eigenvalue weighted by Gasteiger charge is -2.29. The van der Waals surface area contributed by atoms with Crippen molar-refractivity contribution in [3.8, 4) is 0 Å². The Morgan fingerprint density at radius 1 is 1.31 bits per heavy atom. The van der Waals surface area contributed by atoms with E-state index in [1.165, 1.54) is 0 Å². The van der Waals surface area contributed by atoms with Gasteiger partial charge >= 0.3 is 0 Å². The van der Waals surface area contributed by atoms with Crippen molar-refractivity contribution >= 4 is 5.78 Å². The maximum Gasteiger partial charge on any atom is 0.161 e. The molecule has 0 fully saturated rings. The summed E-state index contributed by atoms with van der Waals surface area (Å²) in [7, 11) is 0. The van der Waals surface area contributed by atoms with Crippen molar-refractivity contribution in [1.82, 2.24) is 0 Å². The SMILES string of the molecule is CCCCC(CC)(OCC)C(C)=O. The lowest BCUT2D eigenvalue weighted by Crippen LogP contribution is -2.39. The van der Waals surface area contributed by atoms with Crippen molar-refractivity contribution in [2.24, 2.45) is 0 Å². The van der Waals surface area contributed by atoms with Gasteiger partial charge in [-0.3, -0.25) is 4.79 Å². The first-order chi connectivity index (χ1) is 6.13. The smallest absolute Gasteiger partial charge is 0.161 e. The van der Waals surface area contributed by atoms with Gasteiger partial charge in [-0.1, -0.05) is 26.7 Å². The zero-order valence-electron chi connectivity index (χ0n) is 9.35. The van der Waals surface area contributed by atoms with Crippen LogP contribution in [0.2, 0.25) is 0 Å². The Morgan fingerprint density at radius 2 is 1.92 bits per heavy atom. The molecule has 0 bridgehead atoms. The zero-order chi connectivity index (χ0) is 10.3. The number of unbranched alkanes of at least 4 members (excludes halogenated alkanes) is 1. The average molecular weight is 186 g/mol. The molecule has 13 heavy (non-hydrogen) atoms. The summed E-state index contributed by atoms with van der Waals surface area (Å²) in [5.74, 6) is 0.172. The summed E-state index contributed by atoms with van der Waals surface area (Å²) in [4.78, 5) is 11.5. The Hall–Kier alpha value is -0.370. The number of rotatable bonds is 7. The molecule has 0 aromatic heterocycles. The number of Topliss-reactive ketones (excluding diaryl/α,β-unsaturated/α-hetero) is 1. The summed E-state index contributed by atoms with van der Waals surface area (Å²) in [6.45, 7) is 8.35. The predicted molar refractivity (Wildman–Crippen MR) is 54.9 cm³/mol. The minimum atomic E-state index is -0.495. The van der Waals surface area contributed by atoms with Crippen LogP contribution in [0.3, 0.4) is 0 Å². The van der Waals surface area contributed by atoms with E-state index >= 15 is 0 Å². The molecule has 1 atom stereocenters. The highest BCUT2D eigenvalue weighted by Gasteiger charge is 2.32. The van der Waals surface area contributed by atoms with Crippen molar-refractivity contribution < 1.29 is 9.53 Å². The second-order valence-electron chi connectivity index (χ2n) is 3.44. The molecule has 78 valence electrons. The van der Waals surface area contributed by atoms with Crippen molar-refractivity contribution in [2.75, 3.05) is 6.61 Å². The van der Waals surface area contributed by atoms with Gasteiger partial charge in [0.15, 0.2) is 5.78 Å². The molecule has 0 amide bonds. The van der Waals surface area contributed by atoms with E-state index in [4.69, 9.17) is 4.74 Å². The largest absolute Gasteiger partial charge is 0.368 e. The molecule has 0 saturated heterocycles. The molecule has 0 spiro atoms. The number of ketones is 1. The lowest BCUT2D eigenvalue weighted by molar-refractivity contribution is -0.143. The van der Waals surface area contributed by atoms with E-state index in [2.05, 4.69) is 6.92 Å². The highest BCUT2D eigenvalue weighted by Crippen LogP contribution is 2.24. The van der Waals surface area contributed by atoms with Crippen LogP contribution in [0.15, 0.2) is 0 Å². The predicted octanol–water partition coefficient (Wildman–Crippen LogP) is 2.95. The zero-order valence-corrected chi connectivity index (χ0v) is 9.35. The summed E-state index contributed by atoms with van der Waals surface area (Å²) in [6, 6.07) is 0. The molecule has 0 aromatic carbocycles. The van der Waals surface area contributed by atoms with Gasteiger partial charge in [-0.15, -0.1) is 0 Å². The van der Waals surface area contributed by atoms with Crippen molar-refractivity contribution in [1.29, 1.82) is 0 Å². The second-order valence-corrected chi connectivity index (χ2v) is 3.44. The topological polar surface area (TPSA) is 26.3 Å². The number of carbonyl (C=O) groups is 1. The Kier molecular flexibility index (Phi) is 5.97. The van der Waals surface area contributed by atoms with Crippen LogP contribution in [-0.4, -0.2) is 18.0 Å². The molecule has 0 saturated carbocycles. The van der Waals surface area contributed by atoms with Gasteiger partial charge < -0.3 is 4.74 Å². The van der Waals surface area contributed by atoms with E-state index in [0.717, 1.165) is 25.7 Å². The molecular formula is C11H22O2. The van der Waals surface area contributed by atoms with E-state index in [9.17, 15) is 4.79 Å². The fourth-order valence-corrected chi connectivity index (χ4v) is 1.62. The van der Waals surface area contributed by atoms with Crippen LogP contribution in [0.4, 0.5) is 0 Å². The highest BCUT2D eigenvalue weighted by atomic mass is 16.5. The van der Waals surface area contributed by atoms with Gasteiger partial charge in [0.25, 0.3) is 0 Å². The molecule has 2 heteroatoms. The summed E-state index contributed by atoms with van der Waals surface area (Å²) in [5.41, 5.74) is -0.495. The maximum absolute atomic E-state index is 11.5. The molecule has 2 nitrogen and oxygen atoms in total. The molecule has 0 N–H and O–H groups in total. The van der Waals surface area contributed by atoms with Crippen LogP contribution in [-0.2, 0) is 9.53 Å². The normalized spacial score (nSPS) is 15.4. The van der Waals surface area contributed by atoms with Gasteiger partial charge in [-0.2, -0.15) is 0 Å². The van der Waals surface area contributed by atoms with Crippen LogP contribution >= 0.6 is 0 Å². The third-order valence-corrected chi connectivity index (χ3v) is 2.57. The molecule has 1 unspecified atom stereocenters. The second kappa shape index (κ2) is 6.14. The molecule has 0 aliphatic heterocycles. The number of hydrogen-bond acceptors (Lipinski definition) is 2. The molecule has 0 radical (unpaired) electrons. The third-order valence-electron chi connectivity index (χ3n) is 2.57. The van der Waals surface area contributed by atoms with Crippen molar-refractivity contribution in [3.05, 3.63) is 0 Å². The Morgan fingerprint density at radius 3 is 2.23 bits per heavy atom. The first kappa shape index (κ1) is 12.6. The van der Waals surface area contributed by atoms with E-state index in [1.54, 1.807) is 6.92 Å². The molecule has 0 heterocycles. The molecular weight excluding hydrogens is 164 g/mol. The fraction of sp³-hybridized carbons (Fsp3) is 0.909. The van der Waals surface area contributed by atoms with E-state index in [1.807, 2.05) is 13.8 Å². The standard InChI is InChI=1S/C11H22O2/c1-5-8-9-11(6-2,10(4)12)13-7-3/h5-9H2,1-4H3. The minimum absolute atomic E-state index is 0.172. The Labute approximate surface area is 81.7 Å². The van der Waals surface area contributed by atoms with Gasteiger partial charge in [-0.25, -0.2) is 0 Å². The molecule has 0 aliphatic carbocycles. The van der Waals surface area contributed by atoms with Gasteiger partial charge in [0.05, 0.1) is 0 Å². The van der Waals surface area contributed by atoms with E-state index in [0.29, 0.717) is 6.61 Å². The first-order valence-corrected chi connectivity index (χ1v) is 5.28. The lowest BCUT2D eigenvalue weighted by atomic mass is 9.90. The maximum atomic E-state index is 11.5. The summed E-state index contributed by atoms with van der Waals surface area (Å²) in [5, 5.41) is 0.